The highest BCUT2D eigenvalue weighted by Gasteiger charge is 2.20. The van der Waals surface area contributed by atoms with Crippen molar-refractivity contribution < 1.29 is 17.2 Å². The average molecular weight is 241 g/mol. The topological polar surface area (TPSA) is 46.5 Å². The standard InChI is InChI=1S/C7H9F2NO2S2/c1-5(7(8)9)2-3-6-10-14(11,12)4-13-6/h2-4H2,1H3. The molecule has 0 bridgehead atoms. The van der Waals surface area contributed by atoms with Crippen molar-refractivity contribution in [3.63, 3.8) is 0 Å². The molecule has 0 fully saturated rings. The molecule has 0 aliphatic carbocycles. The largest absolute Gasteiger partial charge is 0.269 e. The molecule has 3 nitrogen and oxygen atoms in total. The Morgan fingerprint density at radius 3 is 2.64 bits per heavy atom. The minimum atomic E-state index is -3.32. The molecule has 1 aliphatic rings. The molecule has 0 amide bonds. The van der Waals surface area contributed by atoms with Crippen molar-refractivity contribution in [3.8, 4) is 0 Å². The maximum atomic E-state index is 12.0. The van der Waals surface area contributed by atoms with Gasteiger partial charge in [0, 0.05) is 6.42 Å². The van der Waals surface area contributed by atoms with Gasteiger partial charge in [0.05, 0.1) is 5.04 Å². The van der Waals surface area contributed by atoms with Crippen LogP contribution in [-0.2, 0) is 10.0 Å². The zero-order valence-electron chi connectivity index (χ0n) is 7.46. The first-order valence-corrected chi connectivity index (χ1v) is 6.45. The summed E-state index contributed by atoms with van der Waals surface area (Å²) in [6.07, 6.45) is -1.27. The van der Waals surface area contributed by atoms with Crippen molar-refractivity contribution in [2.24, 2.45) is 4.40 Å². The van der Waals surface area contributed by atoms with Gasteiger partial charge in [0.15, 0.2) is 0 Å². The zero-order chi connectivity index (χ0) is 10.8. The molecule has 0 aromatic heterocycles. The molecule has 1 aliphatic heterocycles. The van der Waals surface area contributed by atoms with Crippen LogP contribution in [0.4, 0.5) is 8.78 Å². The van der Waals surface area contributed by atoms with E-state index in [0.29, 0.717) is 5.04 Å². The summed E-state index contributed by atoms with van der Waals surface area (Å²) in [5, 5.41) is 0.356. The first kappa shape index (κ1) is 11.6. The van der Waals surface area contributed by atoms with Crippen molar-refractivity contribution in [1.29, 1.82) is 0 Å². The van der Waals surface area contributed by atoms with Crippen LogP contribution in [0.25, 0.3) is 0 Å². The number of allylic oxidation sites excluding steroid dienone is 1. The van der Waals surface area contributed by atoms with E-state index < -0.39 is 16.1 Å². The molecule has 1 rings (SSSR count). The lowest BCUT2D eigenvalue weighted by molar-refractivity contribution is 0.408. The third-order valence-electron chi connectivity index (χ3n) is 1.65. The lowest BCUT2D eigenvalue weighted by Crippen LogP contribution is -1.91. The molecular formula is C7H9F2NO2S2. The normalized spacial score (nSPS) is 19.2. The molecule has 7 heteroatoms. The fraction of sp³-hybridized carbons (Fsp3) is 0.571. The molecule has 0 radical (unpaired) electrons. The number of halogens is 2. The Labute approximate surface area is 85.3 Å². The van der Waals surface area contributed by atoms with E-state index >= 15 is 0 Å². The van der Waals surface area contributed by atoms with Crippen molar-refractivity contribution in [3.05, 3.63) is 11.7 Å². The lowest BCUT2D eigenvalue weighted by Gasteiger charge is -1.97. The van der Waals surface area contributed by atoms with Crippen LogP contribution in [0.1, 0.15) is 19.8 Å². The fourth-order valence-electron chi connectivity index (χ4n) is 0.857. The van der Waals surface area contributed by atoms with Gasteiger partial charge in [-0.1, -0.05) is 11.8 Å². The maximum absolute atomic E-state index is 12.0. The Kier molecular flexibility index (Phi) is 3.65. The van der Waals surface area contributed by atoms with Crippen molar-refractivity contribution in [2.45, 2.75) is 19.8 Å². The minimum Gasteiger partial charge on any atom is -0.204 e. The van der Waals surface area contributed by atoms with E-state index in [2.05, 4.69) is 4.40 Å². The van der Waals surface area contributed by atoms with Crippen LogP contribution in [0.3, 0.4) is 0 Å². The van der Waals surface area contributed by atoms with Gasteiger partial charge in [0.25, 0.3) is 16.1 Å². The van der Waals surface area contributed by atoms with E-state index in [1.54, 1.807) is 0 Å². The van der Waals surface area contributed by atoms with Gasteiger partial charge in [-0.25, -0.2) is 8.42 Å². The van der Waals surface area contributed by atoms with E-state index in [1.807, 2.05) is 0 Å². The molecule has 1 heterocycles. The second-order valence-corrected chi connectivity index (χ2v) is 5.92. The van der Waals surface area contributed by atoms with Gasteiger partial charge < -0.3 is 0 Å². The van der Waals surface area contributed by atoms with E-state index in [9.17, 15) is 17.2 Å². The summed E-state index contributed by atoms with van der Waals surface area (Å²) in [7, 11) is -3.32. The number of rotatable bonds is 3. The summed E-state index contributed by atoms with van der Waals surface area (Å²) in [6.45, 7) is 1.32. The van der Waals surface area contributed by atoms with E-state index in [4.69, 9.17) is 0 Å². The van der Waals surface area contributed by atoms with Gasteiger partial charge in [-0.05, 0) is 18.9 Å². The SMILES string of the molecule is CC(CCC1=NS(=O)(=O)CS1)=C(F)F. The Bertz CT molecular complexity index is 382. The van der Waals surface area contributed by atoms with Crippen molar-refractivity contribution >= 4 is 26.8 Å². The summed E-state index contributed by atoms with van der Waals surface area (Å²) in [5.41, 5.74) is -0.0161. The molecular weight excluding hydrogens is 232 g/mol. The fourth-order valence-corrected chi connectivity index (χ4v) is 3.41. The second kappa shape index (κ2) is 4.39. The first-order valence-electron chi connectivity index (χ1n) is 3.86. The van der Waals surface area contributed by atoms with Gasteiger partial charge in [-0.15, -0.1) is 0 Å². The van der Waals surface area contributed by atoms with Gasteiger partial charge >= 0.3 is 0 Å². The predicted octanol–water partition coefficient (Wildman–Crippen LogP) is 2.37. The Morgan fingerprint density at radius 2 is 2.21 bits per heavy atom. The number of hydrogen-bond donors (Lipinski definition) is 0. The molecule has 0 unspecified atom stereocenters. The molecule has 80 valence electrons. The highest BCUT2D eigenvalue weighted by Crippen LogP contribution is 2.24. The average Bonchev–Trinajstić information content (AvgIpc) is 2.41. The summed E-state index contributed by atoms with van der Waals surface area (Å²) >= 11 is 1.10. The van der Waals surface area contributed by atoms with Crippen LogP contribution in [0.2, 0.25) is 0 Å². The third-order valence-corrected chi connectivity index (χ3v) is 4.56. The lowest BCUT2D eigenvalue weighted by atomic mass is 10.2. The number of sulfonamides is 1. The van der Waals surface area contributed by atoms with E-state index in [1.165, 1.54) is 6.92 Å². The quantitative estimate of drug-likeness (QED) is 0.762. The first-order chi connectivity index (χ1) is 6.41. The molecule has 0 saturated heterocycles. The Morgan fingerprint density at radius 1 is 1.57 bits per heavy atom. The van der Waals surface area contributed by atoms with Crippen LogP contribution >= 0.6 is 11.8 Å². The molecule has 0 spiro atoms. The van der Waals surface area contributed by atoms with Gasteiger partial charge in [0.1, 0.15) is 5.08 Å². The van der Waals surface area contributed by atoms with Gasteiger partial charge in [0.2, 0.25) is 0 Å². The second-order valence-electron chi connectivity index (χ2n) is 2.87. The number of nitrogens with zero attached hydrogens (tertiary/aromatic N) is 1. The summed E-state index contributed by atoms with van der Waals surface area (Å²) in [5.74, 6) is 0. The molecule has 14 heavy (non-hydrogen) atoms. The van der Waals surface area contributed by atoms with Crippen molar-refractivity contribution in [2.75, 3.05) is 5.08 Å². The predicted molar refractivity (Wildman–Crippen MR) is 53.0 cm³/mol. The van der Waals surface area contributed by atoms with Crippen LogP contribution in [-0.4, -0.2) is 18.5 Å². The van der Waals surface area contributed by atoms with Crippen LogP contribution in [0.5, 0.6) is 0 Å². The third kappa shape index (κ3) is 3.38. The minimum absolute atomic E-state index is 0.0161. The maximum Gasteiger partial charge on any atom is 0.269 e. The number of hydrogen-bond acceptors (Lipinski definition) is 3. The Hall–Kier alpha value is -0.430. The van der Waals surface area contributed by atoms with Crippen LogP contribution in [0.15, 0.2) is 16.1 Å². The van der Waals surface area contributed by atoms with Gasteiger partial charge in [-0.3, -0.25) is 0 Å². The van der Waals surface area contributed by atoms with Crippen LogP contribution in [0, 0.1) is 0 Å². The monoisotopic (exact) mass is 241 g/mol. The molecule has 0 N–H and O–H groups in total. The molecule has 0 aromatic carbocycles. The smallest absolute Gasteiger partial charge is 0.204 e. The van der Waals surface area contributed by atoms with E-state index in [0.717, 1.165) is 11.8 Å². The molecule has 0 saturated carbocycles. The number of thioether (sulfide) groups is 1. The van der Waals surface area contributed by atoms with Crippen LogP contribution < -0.4 is 0 Å². The zero-order valence-corrected chi connectivity index (χ0v) is 9.09. The highest BCUT2D eigenvalue weighted by atomic mass is 32.3. The summed E-state index contributed by atoms with van der Waals surface area (Å²) < 4.78 is 49.1. The molecule has 0 aromatic rings. The van der Waals surface area contributed by atoms with Gasteiger partial charge in [-0.2, -0.15) is 13.2 Å². The molecule has 0 atom stereocenters. The summed E-state index contributed by atoms with van der Waals surface area (Å²) in [4.78, 5) is 0. The summed E-state index contributed by atoms with van der Waals surface area (Å²) in [6, 6.07) is 0. The highest BCUT2D eigenvalue weighted by molar-refractivity contribution is 8.24. The van der Waals surface area contributed by atoms with Crippen molar-refractivity contribution in [1.82, 2.24) is 0 Å². The Balaban J connectivity index is 2.53. The van der Waals surface area contributed by atoms with E-state index in [-0.39, 0.29) is 23.5 Å².